The van der Waals surface area contributed by atoms with Crippen molar-refractivity contribution >= 4 is 11.9 Å². The molecule has 21 heavy (non-hydrogen) atoms. The van der Waals surface area contributed by atoms with Gasteiger partial charge in [0.2, 0.25) is 5.91 Å². The van der Waals surface area contributed by atoms with Crippen molar-refractivity contribution in [1.29, 1.82) is 0 Å². The van der Waals surface area contributed by atoms with Crippen LogP contribution in [-0.2, 0) is 16.1 Å². The quantitative estimate of drug-likeness (QED) is 0.801. The van der Waals surface area contributed by atoms with Crippen LogP contribution in [-0.4, -0.2) is 31.2 Å². The second kappa shape index (κ2) is 6.97. The first-order valence-electron chi connectivity index (χ1n) is 6.51. The highest BCUT2D eigenvalue weighted by molar-refractivity contribution is 5.84. The number of amides is 1. The summed E-state index contributed by atoms with van der Waals surface area (Å²) in [5, 5.41) is 11.7. The van der Waals surface area contributed by atoms with E-state index >= 15 is 0 Å². The monoisotopic (exact) mass is 295 g/mol. The molecule has 0 fully saturated rings. The number of para-hydroxylation sites is 1. The van der Waals surface area contributed by atoms with Crippen molar-refractivity contribution in [3.63, 3.8) is 0 Å². The molecule has 0 saturated carbocycles. The van der Waals surface area contributed by atoms with Gasteiger partial charge in [0.15, 0.2) is 11.5 Å². The Morgan fingerprint density at radius 1 is 1.24 bits per heavy atom. The van der Waals surface area contributed by atoms with Crippen molar-refractivity contribution in [2.75, 3.05) is 14.2 Å². The molecule has 0 aliphatic heterocycles. The SMILES string of the molecule is COc1cccc(CNC(=O)CC(C)(C)C(=O)O)c1OC. The molecular formula is C15H21NO5. The fourth-order valence-electron chi connectivity index (χ4n) is 1.83. The highest BCUT2D eigenvalue weighted by atomic mass is 16.5. The molecule has 0 aromatic heterocycles. The van der Waals surface area contributed by atoms with Gasteiger partial charge in [-0.15, -0.1) is 0 Å². The smallest absolute Gasteiger partial charge is 0.309 e. The minimum absolute atomic E-state index is 0.0887. The number of carboxylic acids is 1. The summed E-state index contributed by atoms with van der Waals surface area (Å²) in [7, 11) is 3.06. The third kappa shape index (κ3) is 4.37. The molecule has 1 aromatic carbocycles. The van der Waals surface area contributed by atoms with E-state index in [2.05, 4.69) is 5.32 Å². The third-order valence-corrected chi connectivity index (χ3v) is 3.14. The molecular weight excluding hydrogens is 274 g/mol. The van der Waals surface area contributed by atoms with Crippen LogP contribution in [0.15, 0.2) is 18.2 Å². The van der Waals surface area contributed by atoms with Gasteiger partial charge in [0.25, 0.3) is 0 Å². The van der Waals surface area contributed by atoms with Crippen molar-refractivity contribution in [3.8, 4) is 11.5 Å². The number of nitrogens with one attached hydrogen (secondary N) is 1. The van der Waals surface area contributed by atoms with Gasteiger partial charge in [-0.1, -0.05) is 12.1 Å². The number of hydrogen-bond donors (Lipinski definition) is 2. The zero-order valence-electron chi connectivity index (χ0n) is 12.7. The first-order chi connectivity index (χ1) is 9.81. The Morgan fingerprint density at radius 3 is 2.43 bits per heavy atom. The molecule has 116 valence electrons. The van der Waals surface area contributed by atoms with E-state index in [1.54, 1.807) is 12.1 Å². The first-order valence-corrected chi connectivity index (χ1v) is 6.51. The van der Waals surface area contributed by atoms with Gasteiger partial charge in [-0.2, -0.15) is 0 Å². The molecule has 0 saturated heterocycles. The van der Waals surface area contributed by atoms with E-state index in [4.69, 9.17) is 14.6 Å². The molecule has 0 bridgehead atoms. The maximum atomic E-state index is 11.8. The molecule has 0 radical (unpaired) electrons. The lowest BCUT2D eigenvalue weighted by atomic mass is 9.89. The van der Waals surface area contributed by atoms with Crippen molar-refractivity contribution in [3.05, 3.63) is 23.8 Å². The average molecular weight is 295 g/mol. The van der Waals surface area contributed by atoms with Crippen molar-refractivity contribution in [2.45, 2.75) is 26.8 Å². The highest BCUT2D eigenvalue weighted by Gasteiger charge is 2.30. The van der Waals surface area contributed by atoms with Crippen LogP contribution in [0.5, 0.6) is 11.5 Å². The van der Waals surface area contributed by atoms with Crippen LogP contribution in [0.4, 0.5) is 0 Å². The first kappa shape index (κ1) is 16.8. The van der Waals surface area contributed by atoms with Crippen LogP contribution < -0.4 is 14.8 Å². The fourth-order valence-corrected chi connectivity index (χ4v) is 1.83. The predicted molar refractivity (Wildman–Crippen MR) is 77.4 cm³/mol. The molecule has 1 amide bonds. The molecule has 6 heteroatoms. The Hall–Kier alpha value is -2.24. The summed E-state index contributed by atoms with van der Waals surface area (Å²) < 4.78 is 10.4. The molecule has 2 N–H and O–H groups in total. The minimum atomic E-state index is -1.09. The number of ether oxygens (including phenoxy) is 2. The number of hydrogen-bond acceptors (Lipinski definition) is 4. The van der Waals surface area contributed by atoms with E-state index in [0.717, 1.165) is 5.56 Å². The van der Waals surface area contributed by atoms with E-state index in [-0.39, 0.29) is 18.9 Å². The van der Waals surface area contributed by atoms with Gasteiger partial charge in [-0.25, -0.2) is 0 Å². The Morgan fingerprint density at radius 2 is 1.90 bits per heavy atom. The average Bonchev–Trinajstić information content (AvgIpc) is 2.43. The lowest BCUT2D eigenvalue weighted by molar-refractivity contribution is -0.149. The van der Waals surface area contributed by atoms with E-state index in [0.29, 0.717) is 11.5 Å². The minimum Gasteiger partial charge on any atom is -0.493 e. The zero-order chi connectivity index (χ0) is 16.0. The van der Waals surface area contributed by atoms with E-state index in [1.807, 2.05) is 6.07 Å². The van der Waals surface area contributed by atoms with Gasteiger partial charge >= 0.3 is 5.97 Å². The second-order valence-electron chi connectivity index (χ2n) is 5.30. The van der Waals surface area contributed by atoms with Crippen LogP contribution in [0.25, 0.3) is 0 Å². The summed E-state index contributed by atoms with van der Waals surface area (Å²) in [4.78, 5) is 22.8. The predicted octanol–water partition coefficient (Wildman–Crippen LogP) is 1.82. The molecule has 0 heterocycles. The molecule has 0 aliphatic rings. The Kier molecular flexibility index (Phi) is 5.58. The van der Waals surface area contributed by atoms with Crippen LogP contribution in [0, 0.1) is 5.41 Å². The van der Waals surface area contributed by atoms with Crippen LogP contribution in [0.1, 0.15) is 25.8 Å². The maximum absolute atomic E-state index is 11.8. The van der Waals surface area contributed by atoms with E-state index in [9.17, 15) is 9.59 Å². The van der Waals surface area contributed by atoms with Gasteiger partial charge in [0.1, 0.15) is 0 Å². The Labute approximate surface area is 124 Å². The molecule has 0 aliphatic carbocycles. The van der Waals surface area contributed by atoms with Gasteiger partial charge in [0.05, 0.1) is 19.6 Å². The summed E-state index contributed by atoms with van der Waals surface area (Å²) in [6.07, 6.45) is -0.0887. The summed E-state index contributed by atoms with van der Waals surface area (Å²) in [6.45, 7) is 3.27. The Balaban J connectivity index is 2.72. The number of rotatable bonds is 7. The van der Waals surface area contributed by atoms with Crippen LogP contribution >= 0.6 is 0 Å². The number of benzene rings is 1. The number of carbonyl (C=O) groups excluding carboxylic acids is 1. The van der Waals surface area contributed by atoms with Gasteiger partial charge in [-0.3, -0.25) is 9.59 Å². The molecule has 0 spiro atoms. The van der Waals surface area contributed by atoms with Crippen molar-refractivity contribution < 1.29 is 24.2 Å². The van der Waals surface area contributed by atoms with Crippen molar-refractivity contribution in [2.24, 2.45) is 5.41 Å². The number of carboxylic acid groups (broad SMARTS) is 1. The van der Waals surface area contributed by atoms with Gasteiger partial charge in [0, 0.05) is 18.5 Å². The highest BCUT2D eigenvalue weighted by Crippen LogP contribution is 2.30. The molecule has 0 unspecified atom stereocenters. The summed E-state index contributed by atoms with van der Waals surface area (Å²) in [5.41, 5.74) is -0.332. The largest absolute Gasteiger partial charge is 0.493 e. The summed E-state index contributed by atoms with van der Waals surface area (Å²) in [5.74, 6) is -0.197. The fraction of sp³-hybridized carbons (Fsp3) is 0.467. The molecule has 1 rings (SSSR count). The zero-order valence-corrected chi connectivity index (χ0v) is 12.7. The van der Waals surface area contributed by atoms with Crippen LogP contribution in [0.2, 0.25) is 0 Å². The number of aliphatic carboxylic acids is 1. The van der Waals surface area contributed by atoms with Gasteiger partial charge < -0.3 is 19.9 Å². The lowest BCUT2D eigenvalue weighted by Crippen LogP contribution is -2.33. The normalized spacial score (nSPS) is 10.9. The van der Waals surface area contributed by atoms with Crippen LogP contribution in [0.3, 0.4) is 0 Å². The standard InChI is InChI=1S/C15H21NO5/c1-15(2,14(18)19)8-12(17)16-9-10-6-5-7-11(20-3)13(10)21-4/h5-7H,8-9H2,1-4H3,(H,16,17)(H,18,19). The summed E-state index contributed by atoms with van der Waals surface area (Å²) >= 11 is 0. The molecule has 6 nitrogen and oxygen atoms in total. The topological polar surface area (TPSA) is 84.9 Å². The Bertz CT molecular complexity index is 525. The van der Waals surface area contributed by atoms with Gasteiger partial charge in [-0.05, 0) is 19.9 Å². The second-order valence-corrected chi connectivity index (χ2v) is 5.30. The molecule has 1 aromatic rings. The lowest BCUT2D eigenvalue weighted by Gasteiger charge is -2.18. The van der Waals surface area contributed by atoms with E-state index < -0.39 is 11.4 Å². The third-order valence-electron chi connectivity index (χ3n) is 3.14. The summed E-state index contributed by atoms with van der Waals surface area (Å²) in [6, 6.07) is 5.37. The number of methoxy groups -OCH3 is 2. The maximum Gasteiger partial charge on any atom is 0.309 e. The molecule has 0 atom stereocenters. The van der Waals surface area contributed by atoms with Crippen molar-refractivity contribution in [1.82, 2.24) is 5.32 Å². The van der Waals surface area contributed by atoms with E-state index in [1.165, 1.54) is 28.1 Å². The number of carbonyl (C=O) groups is 2.